The summed E-state index contributed by atoms with van der Waals surface area (Å²) in [6.07, 6.45) is -2.50. The van der Waals surface area contributed by atoms with Gasteiger partial charge in [-0.3, -0.25) is 4.90 Å². The van der Waals surface area contributed by atoms with Crippen LogP contribution in [0.1, 0.15) is 19.8 Å². The molecule has 1 heterocycles. The van der Waals surface area contributed by atoms with E-state index in [0.29, 0.717) is 0 Å². The molecule has 1 aliphatic heterocycles. The molecule has 0 aromatic rings. The molecule has 1 amide bonds. The van der Waals surface area contributed by atoms with Crippen molar-refractivity contribution >= 4 is 18.0 Å². The highest BCUT2D eigenvalue weighted by molar-refractivity contribution is 5.83. The van der Waals surface area contributed by atoms with Crippen molar-refractivity contribution < 1.29 is 38.1 Å². The first-order valence-electron chi connectivity index (χ1n) is 5.52. The number of ether oxygens (including phenoxy) is 1. The molecule has 0 radical (unpaired) electrons. The minimum Gasteiger partial charge on any atom is -0.480 e. The Hall–Kier alpha value is -1.93. The Morgan fingerprint density at radius 3 is 2.32 bits per heavy atom. The fourth-order valence-corrected chi connectivity index (χ4v) is 2.04. The van der Waals surface area contributed by atoms with Crippen LogP contribution in [0.25, 0.3) is 0 Å². The maximum Gasteiger partial charge on any atom is 0.408 e. The van der Waals surface area contributed by atoms with Crippen LogP contribution >= 0.6 is 0 Å². The number of amides is 1. The summed E-state index contributed by atoms with van der Waals surface area (Å²) in [6.45, 7) is 1.05. The van der Waals surface area contributed by atoms with E-state index in [2.05, 4.69) is 4.74 Å². The molecule has 1 unspecified atom stereocenters. The number of carboxylic acids is 1. The molecule has 1 saturated heterocycles. The fourth-order valence-electron chi connectivity index (χ4n) is 2.04. The zero-order valence-corrected chi connectivity index (χ0v) is 10.0. The van der Waals surface area contributed by atoms with Gasteiger partial charge in [-0.2, -0.15) is 8.78 Å². The number of esters is 1. The Labute approximate surface area is 106 Å². The monoisotopic (exact) mass is 281 g/mol. The van der Waals surface area contributed by atoms with Crippen LogP contribution in [0, 0.1) is 0 Å². The molecule has 19 heavy (non-hydrogen) atoms. The van der Waals surface area contributed by atoms with Crippen molar-refractivity contribution in [3.05, 3.63) is 0 Å². The van der Waals surface area contributed by atoms with Gasteiger partial charge in [0.15, 0.2) is 0 Å². The topological polar surface area (TPSA) is 104 Å². The summed E-state index contributed by atoms with van der Waals surface area (Å²) in [5.41, 5.74) is 0. The zero-order valence-electron chi connectivity index (χ0n) is 10.0. The van der Waals surface area contributed by atoms with Crippen LogP contribution in [0.15, 0.2) is 0 Å². The quantitative estimate of drug-likeness (QED) is 0.738. The van der Waals surface area contributed by atoms with Crippen LogP contribution in [-0.4, -0.2) is 57.8 Å². The van der Waals surface area contributed by atoms with Gasteiger partial charge in [0.1, 0.15) is 12.1 Å². The normalized spacial score (nSPS) is 23.2. The van der Waals surface area contributed by atoms with Gasteiger partial charge < -0.3 is 14.9 Å². The summed E-state index contributed by atoms with van der Waals surface area (Å²) in [5, 5.41) is 17.6. The number of carbonyl (C=O) groups excluding carboxylic acids is 1. The number of nitrogens with zero attached hydrogens (tertiary/aromatic N) is 1. The number of hydrogen-bond donors (Lipinski definition) is 2. The Morgan fingerprint density at radius 2 is 1.89 bits per heavy atom. The van der Waals surface area contributed by atoms with Crippen LogP contribution < -0.4 is 0 Å². The van der Waals surface area contributed by atoms with Crippen LogP contribution in [0.4, 0.5) is 13.6 Å². The van der Waals surface area contributed by atoms with Gasteiger partial charge in [-0.25, -0.2) is 14.4 Å². The molecule has 0 aliphatic carbocycles. The molecule has 0 aromatic carbocycles. The van der Waals surface area contributed by atoms with E-state index >= 15 is 0 Å². The number of likely N-dealkylation sites (tertiary alicyclic amines) is 1. The molecule has 1 fully saturated rings. The summed E-state index contributed by atoms with van der Waals surface area (Å²) in [6, 6.07) is -3.60. The molecule has 0 bridgehead atoms. The summed E-state index contributed by atoms with van der Waals surface area (Å²) in [7, 11) is 0. The van der Waals surface area contributed by atoms with Crippen LogP contribution in [0.5, 0.6) is 0 Å². The van der Waals surface area contributed by atoms with Gasteiger partial charge in [0.2, 0.25) is 0 Å². The van der Waals surface area contributed by atoms with Crippen molar-refractivity contribution in [2.24, 2.45) is 0 Å². The van der Waals surface area contributed by atoms with E-state index in [1.54, 1.807) is 0 Å². The lowest BCUT2D eigenvalue weighted by molar-refractivity contribution is -0.180. The summed E-state index contributed by atoms with van der Waals surface area (Å²) in [4.78, 5) is 33.0. The molecular formula is C10H13F2NO6. The molecule has 108 valence electrons. The van der Waals surface area contributed by atoms with Crippen molar-refractivity contribution in [1.29, 1.82) is 0 Å². The summed E-state index contributed by atoms with van der Waals surface area (Å²) >= 11 is 0. The van der Waals surface area contributed by atoms with Crippen molar-refractivity contribution in [3.63, 3.8) is 0 Å². The number of rotatable bonds is 4. The zero-order chi connectivity index (χ0) is 14.8. The van der Waals surface area contributed by atoms with Crippen LogP contribution in [-0.2, 0) is 14.3 Å². The van der Waals surface area contributed by atoms with E-state index in [-0.39, 0.29) is 17.9 Å². The molecule has 7 nitrogen and oxygen atoms in total. The Bertz CT molecular complexity index is 399. The molecule has 1 rings (SSSR count). The van der Waals surface area contributed by atoms with Crippen molar-refractivity contribution in [2.45, 2.75) is 37.8 Å². The van der Waals surface area contributed by atoms with Crippen molar-refractivity contribution in [2.75, 3.05) is 6.61 Å². The first-order chi connectivity index (χ1) is 8.73. The Morgan fingerprint density at radius 1 is 1.32 bits per heavy atom. The maximum absolute atomic E-state index is 13.8. The second-order valence-corrected chi connectivity index (χ2v) is 3.98. The minimum absolute atomic E-state index is 0.110. The molecule has 0 saturated carbocycles. The molecule has 1 aliphatic rings. The second-order valence-electron chi connectivity index (χ2n) is 3.98. The van der Waals surface area contributed by atoms with Crippen LogP contribution in [0.2, 0.25) is 0 Å². The number of halogens is 2. The maximum atomic E-state index is 13.8. The number of hydrogen-bond acceptors (Lipinski definition) is 4. The van der Waals surface area contributed by atoms with Gasteiger partial charge in [-0.05, 0) is 19.8 Å². The SMILES string of the molecule is CCOC(=O)C(F)(F)C1CC[C@@H](C(=O)O)N1C(=O)O. The Kier molecular flexibility index (Phi) is 4.28. The molecular weight excluding hydrogens is 268 g/mol. The van der Waals surface area contributed by atoms with Gasteiger partial charge in [-0.15, -0.1) is 0 Å². The van der Waals surface area contributed by atoms with E-state index in [1.165, 1.54) is 6.92 Å². The van der Waals surface area contributed by atoms with Crippen molar-refractivity contribution in [3.8, 4) is 0 Å². The van der Waals surface area contributed by atoms with Gasteiger partial charge in [0, 0.05) is 0 Å². The predicted octanol–water partition coefficient (Wildman–Crippen LogP) is 0.780. The van der Waals surface area contributed by atoms with E-state index in [9.17, 15) is 23.2 Å². The molecule has 2 atom stereocenters. The molecule has 2 N–H and O–H groups in total. The van der Waals surface area contributed by atoms with Crippen LogP contribution in [0.3, 0.4) is 0 Å². The smallest absolute Gasteiger partial charge is 0.408 e. The van der Waals surface area contributed by atoms with E-state index in [4.69, 9.17) is 10.2 Å². The second kappa shape index (κ2) is 5.37. The number of carbonyl (C=O) groups is 3. The lowest BCUT2D eigenvalue weighted by Gasteiger charge is -2.29. The average Bonchev–Trinajstić information content (AvgIpc) is 2.74. The molecule has 0 spiro atoms. The van der Waals surface area contributed by atoms with Gasteiger partial charge in [0.25, 0.3) is 0 Å². The average molecular weight is 281 g/mol. The first kappa shape index (κ1) is 15.1. The first-order valence-corrected chi connectivity index (χ1v) is 5.52. The van der Waals surface area contributed by atoms with E-state index < -0.39 is 42.5 Å². The number of aliphatic carboxylic acids is 1. The standard InChI is InChI=1S/C10H13F2NO6/c1-2-19-8(16)10(11,12)6-4-3-5(7(14)15)13(6)9(17)18/h5-6H,2-4H2,1H3,(H,14,15)(H,17,18)/t5-,6?/m0/s1. The van der Waals surface area contributed by atoms with Gasteiger partial charge in [-0.1, -0.05) is 0 Å². The number of carboxylic acid groups (broad SMARTS) is 2. The summed E-state index contributed by atoms with van der Waals surface area (Å²) < 4.78 is 31.8. The molecule has 0 aromatic heterocycles. The highest BCUT2D eigenvalue weighted by Crippen LogP contribution is 2.36. The lowest BCUT2D eigenvalue weighted by atomic mass is 10.1. The minimum atomic E-state index is -4.07. The van der Waals surface area contributed by atoms with Gasteiger partial charge in [0.05, 0.1) is 6.61 Å². The third-order valence-corrected chi connectivity index (χ3v) is 2.86. The highest BCUT2D eigenvalue weighted by atomic mass is 19.3. The third-order valence-electron chi connectivity index (χ3n) is 2.86. The van der Waals surface area contributed by atoms with Gasteiger partial charge >= 0.3 is 24.0 Å². The van der Waals surface area contributed by atoms with Crippen molar-refractivity contribution in [1.82, 2.24) is 4.90 Å². The predicted molar refractivity (Wildman–Crippen MR) is 55.9 cm³/mol. The third kappa shape index (κ3) is 2.74. The summed E-state index contributed by atoms with van der Waals surface area (Å²) in [5.74, 6) is -7.44. The van der Waals surface area contributed by atoms with E-state index in [1.807, 2.05) is 0 Å². The Balaban J connectivity index is 3.02. The molecule has 9 heteroatoms. The lowest BCUT2D eigenvalue weighted by Crippen LogP contribution is -2.54. The highest BCUT2D eigenvalue weighted by Gasteiger charge is 2.58. The largest absolute Gasteiger partial charge is 0.480 e. The number of alkyl halides is 2. The van der Waals surface area contributed by atoms with E-state index in [0.717, 1.165) is 0 Å². The fraction of sp³-hybridized carbons (Fsp3) is 0.700.